The first kappa shape index (κ1) is 19.8. The van der Waals surface area contributed by atoms with Gasteiger partial charge in [-0.05, 0) is 27.6 Å². The molecule has 5 rings (SSSR count). The number of phenols is 1. The third-order valence-electron chi connectivity index (χ3n) is 5.37. The van der Waals surface area contributed by atoms with Gasteiger partial charge >= 0.3 is 0 Å². The lowest BCUT2D eigenvalue weighted by atomic mass is 9.94. The lowest BCUT2D eigenvalue weighted by Gasteiger charge is -2.37. The second kappa shape index (κ2) is 7.72. The van der Waals surface area contributed by atoms with Crippen LogP contribution in [-0.2, 0) is 4.74 Å². The molecule has 152 valence electrons. The molecule has 1 heterocycles. The second-order valence-electron chi connectivity index (χ2n) is 7.16. The summed E-state index contributed by atoms with van der Waals surface area (Å²) in [5.41, 5.74) is 0. The van der Waals surface area contributed by atoms with Crippen LogP contribution in [-0.4, -0.2) is 68.0 Å². The predicted molar refractivity (Wildman–Crippen MR) is 108 cm³/mol. The highest BCUT2D eigenvalue weighted by Crippen LogP contribution is 2.37. The maximum absolute atomic E-state index is 9.95. The van der Waals surface area contributed by atoms with Gasteiger partial charge in [0.15, 0.2) is 6.29 Å². The molecule has 7 nitrogen and oxygen atoms in total. The summed E-state index contributed by atoms with van der Waals surface area (Å²) in [6, 6.07) is 18.4. The average molecular weight is 398 g/mol. The molecule has 4 aromatic rings. The van der Waals surface area contributed by atoms with Crippen LogP contribution in [0.3, 0.4) is 0 Å². The van der Waals surface area contributed by atoms with Gasteiger partial charge in [0, 0.05) is 10.8 Å². The van der Waals surface area contributed by atoms with Crippen LogP contribution in [0.1, 0.15) is 0 Å². The maximum Gasteiger partial charge on any atom is 0.184 e. The number of hydrogen-bond donors (Lipinski definition) is 6. The number of rotatable bonds is 1. The summed E-state index contributed by atoms with van der Waals surface area (Å²) in [4.78, 5) is 0. The quantitative estimate of drug-likeness (QED) is 0.265. The third kappa shape index (κ3) is 3.38. The van der Waals surface area contributed by atoms with Crippen molar-refractivity contribution < 1.29 is 35.4 Å². The first-order valence-corrected chi connectivity index (χ1v) is 9.26. The molecular formula is C22H22O7. The zero-order valence-corrected chi connectivity index (χ0v) is 15.4. The molecule has 1 saturated heterocycles. The standard InChI is InChI=1S/C16H10O.C6H12O6/c17-14-9-7-12-5-4-10-2-1-3-11-6-8-13(14)16(12)15(10)11;7-1-2-3(8)4(9)5(10)6(11)12-2/h1-9,17H;2-11H,1H2/t;2-,3+,4+,5-,6-/m.1/s1. The van der Waals surface area contributed by atoms with Crippen LogP contribution in [0.5, 0.6) is 5.75 Å². The molecule has 0 amide bonds. The van der Waals surface area contributed by atoms with E-state index in [0.29, 0.717) is 5.75 Å². The molecule has 0 spiro atoms. The molecule has 1 aliphatic rings. The Labute approximate surface area is 166 Å². The minimum atomic E-state index is -1.57. The van der Waals surface area contributed by atoms with E-state index in [4.69, 9.17) is 25.5 Å². The Morgan fingerprint density at radius 1 is 0.690 bits per heavy atom. The van der Waals surface area contributed by atoms with Gasteiger partial charge in [-0.3, -0.25) is 0 Å². The average Bonchev–Trinajstić information content (AvgIpc) is 2.75. The SMILES string of the molecule is OC[C@H]1O[C@@H](O)[C@H](O)[C@@H](O)[C@H]1O.Oc1ccc2ccc3cccc4ccc1c2c34. The van der Waals surface area contributed by atoms with E-state index in [2.05, 4.69) is 41.1 Å². The molecule has 0 aliphatic carbocycles. The van der Waals surface area contributed by atoms with Gasteiger partial charge in [-0.2, -0.15) is 0 Å². The first-order valence-electron chi connectivity index (χ1n) is 9.26. The summed E-state index contributed by atoms with van der Waals surface area (Å²) in [6.07, 6.45) is -7.04. The number of hydrogen-bond acceptors (Lipinski definition) is 7. The van der Waals surface area contributed by atoms with E-state index >= 15 is 0 Å². The van der Waals surface area contributed by atoms with E-state index < -0.39 is 37.3 Å². The summed E-state index contributed by atoms with van der Waals surface area (Å²) in [6.45, 7) is -0.526. The van der Waals surface area contributed by atoms with Crippen LogP contribution in [0.25, 0.3) is 32.3 Å². The topological polar surface area (TPSA) is 131 Å². The lowest BCUT2D eigenvalue weighted by Crippen LogP contribution is -2.58. The van der Waals surface area contributed by atoms with E-state index in [-0.39, 0.29) is 0 Å². The highest BCUT2D eigenvalue weighted by Gasteiger charge is 2.42. The van der Waals surface area contributed by atoms with Crippen LogP contribution in [0.2, 0.25) is 0 Å². The number of aromatic hydroxyl groups is 1. The van der Waals surface area contributed by atoms with E-state index in [9.17, 15) is 5.11 Å². The monoisotopic (exact) mass is 398 g/mol. The lowest BCUT2D eigenvalue weighted by molar-refractivity contribution is -0.286. The minimum absolute atomic E-state index is 0.357. The van der Waals surface area contributed by atoms with Crippen LogP contribution in [0.15, 0.2) is 54.6 Å². The molecule has 0 unspecified atom stereocenters. The highest BCUT2D eigenvalue weighted by molar-refractivity contribution is 6.23. The predicted octanol–water partition coefficient (Wildman–Crippen LogP) is 1.07. The van der Waals surface area contributed by atoms with Crippen molar-refractivity contribution >= 4 is 32.3 Å². The molecule has 6 N–H and O–H groups in total. The van der Waals surface area contributed by atoms with E-state index in [1.54, 1.807) is 6.07 Å². The second-order valence-corrected chi connectivity index (χ2v) is 7.16. The van der Waals surface area contributed by atoms with E-state index in [1.165, 1.54) is 26.9 Å². The molecule has 0 aromatic heterocycles. The Balaban J connectivity index is 0.000000152. The highest BCUT2D eigenvalue weighted by atomic mass is 16.6. The number of benzene rings is 4. The summed E-state index contributed by atoms with van der Waals surface area (Å²) >= 11 is 0. The van der Waals surface area contributed by atoms with Crippen molar-refractivity contribution in [1.29, 1.82) is 0 Å². The van der Waals surface area contributed by atoms with Crippen molar-refractivity contribution in [3.05, 3.63) is 54.6 Å². The fraction of sp³-hybridized carbons (Fsp3) is 0.273. The van der Waals surface area contributed by atoms with Crippen LogP contribution < -0.4 is 0 Å². The van der Waals surface area contributed by atoms with Crippen molar-refractivity contribution in [2.45, 2.75) is 30.7 Å². The van der Waals surface area contributed by atoms with Crippen molar-refractivity contribution in [2.75, 3.05) is 6.61 Å². The smallest absolute Gasteiger partial charge is 0.184 e. The van der Waals surface area contributed by atoms with Crippen LogP contribution in [0.4, 0.5) is 0 Å². The number of aliphatic hydroxyl groups excluding tert-OH is 5. The van der Waals surface area contributed by atoms with Gasteiger partial charge < -0.3 is 35.4 Å². The summed E-state index contributed by atoms with van der Waals surface area (Å²) < 4.78 is 4.58. The summed E-state index contributed by atoms with van der Waals surface area (Å²) in [5, 5.41) is 61.6. The summed E-state index contributed by atoms with van der Waals surface area (Å²) in [7, 11) is 0. The number of phenolic OH excluding ortho intramolecular Hbond substituents is 1. The Morgan fingerprint density at radius 2 is 1.28 bits per heavy atom. The van der Waals surface area contributed by atoms with E-state index in [0.717, 1.165) is 5.39 Å². The Bertz CT molecular complexity index is 1110. The molecular weight excluding hydrogens is 376 g/mol. The molecule has 1 aliphatic heterocycles. The van der Waals surface area contributed by atoms with Gasteiger partial charge in [-0.25, -0.2) is 0 Å². The Morgan fingerprint density at radius 3 is 1.93 bits per heavy atom. The van der Waals surface area contributed by atoms with Crippen molar-refractivity contribution in [3.8, 4) is 5.75 Å². The first-order chi connectivity index (χ1) is 13.9. The molecule has 4 aromatic carbocycles. The van der Waals surface area contributed by atoms with Crippen molar-refractivity contribution in [3.63, 3.8) is 0 Å². The van der Waals surface area contributed by atoms with Crippen molar-refractivity contribution in [1.82, 2.24) is 0 Å². The molecule has 0 bridgehead atoms. The molecule has 7 heteroatoms. The molecule has 5 atom stereocenters. The maximum atomic E-state index is 9.95. The minimum Gasteiger partial charge on any atom is -0.507 e. The number of ether oxygens (including phenoxy) is 1. The fourth-order valence-electron chi connectivity index (χ4n) is 3.80. The van der Waals surface area contributed by atoms with Gasteiger partial charge in [-0.1, -0.05) is 48.5 Å². The molecule has 0 radical (unpaired) electrons. The Kier molecular flexibility index (Phi) is 5.26. The van der Waals surface area contributed by atoms with Gasteiger partial charge in [0.2, 0.25) is 0 Å². The van der Waals surface area contributed by atoms with E-state index in [1.807, 2.05) is 12.1 Å². The third-order valence-corrected chi connectivity index (χ3v) is 5.37. The summed E-state index contributed by atoms with van der Waals surface area (Å²) in [5.74, 6) is 0.357. The van der Waals surface area contributed by atoms with Crippen LogP contribution in [0, 0.1) is 0 Å². The Hall–Kier alpha value is -2.52. The van der Waals surface area contributed by atoms with Gasteiger partial charge in [0.05, 0.1) is 6.61 Å². The number of aliphatic hydroxyl groups is 5. The normalized spacial score (nSPS) is 27.3. The molecule has 29 heavy (non-hydrogen) atoms. The zero-order valence-electron chi connectivity index (χ0n) is 15.4. The largest absolute Gasteiger partial charge is 0.507 e. The van der Waals surface area contributed by atoms with Gasteiger partial charge in [-0.15, -0.1) is 0 Å². The molecule has 1 fully saturated rings. The zero-order chi connectivity index (χ0) is 20.7. The van der Waals surface area contributed by atoms with Crippen molar-refractivity contribution in [2.24, 2.45) is 0 Å². The van der Waals surface area contributed by atoms with Gasteiger partial charge in [0.1, 0.15) is 30.2 Å². The fourth-order valence-corrected chi connectivity index (χ4v) is 3.80. The van der Waals surface area contributed by atoms with Gasteiger partial charge in [0.25, 0.3) is 0 Å². The van der Waals surface area contributed by atoms with Crippen LogP contribution >= 0.6 is 0 Å². The molecule has 0 saturated carbocycles.